The van der Waals surface area contributed by atoms with Gasteiger partial charge in [0.25, 0.3) is 0 Å². The number of amides is 2. The van der Waals surface area contributed by atoms with Gasteiger partial charge in [0, 0.05) is 31.3 Å². The molecular formula is C26H31N5O3. The highest BCUT2D eigenvalue weighted by Crippen LogP contribution is 2.27. The Bertz CT molecular complexity index is 1080. The van der Waals surface area contributed by atoms with Crippen LogP contribution in [0.25, 0.3) is 11.1 Å². The van der Waals surface area contributed by atoms with Crippen LogP contribution in [0, 0.1) is 5.92 Å². The Morgan fingerprint density at radius 1 is 1.12 bits per heavy atom. The lowest BCUT2D eigenvalue weighted by Gasteiger charge is -2.31. The number of nitrogens with zero attached hydrogens (tertiary/aromatic N) is 4. The average molecular weight is 462 g/mol. The van der Waals surface area contributed by atoms with Crippen molar-refractivity contribution in [1.29, 1.82) is 0 Å². The number of imidazole rings is 1. The summed E-state index contributed by atoms with van der Waals surface area (Å²) >= 11 is 0. The van der Waals surface area contributed by atoms with Gasteiger partial charge in [-0.3, -0.25) is 14.6 Å². The van der Waals surface area contributed by atoms with Crippen LogP contribution in [0.4, 0.5) is 0 Å². The molecule has 8 nitrogen and oxygen atoms in total. The number of carbonyl (C=O) groups excluding carboxylic acids is 2. The molecule has 34 heavy (non-hydrogen) atoms. The molecule has 0 bridgehead atoms. The molecule has 1 saturated heterocycles. The standard InChI is InChI=1S/C26H31N5O3/c1-18(2)24(30-14-12-28-17-30)26(34)31-13-4-6-23(31)25(33)29-22(16-32)20-9-7-19(8-10-20)21-5-3-11-27-15-21/h3,5,7-12,14-15,17-18,22-24,32H,4,6,13,16H2,1-2H3,(H,29,33)/t22-,23-,24-/m0/s1. The summed E-state index contributed by atoms with van der Waals surface area (Å²) in [6, 6.07) is 10.0. The predicted octanol–water partition coefficient (Wildman–Crippen LogP) is 2.98. The van der Waals surface area contributed by atoms with Gasteiger partial charge >= 0.3 is 0 Å². The van der Waals surface area contributed by atoms with Gasteiger partial charge in [-0.2, -0.15) is 0 Å². The van der Waals surface area contributed by atoms with Gasteiger partial charge in [0.1, 0.15) is 12.1 Å². The third-order valence-corrected chi connectivity index (χ3v) is 6.38. The van der Waals surface area contributed by atoms with Crippen molar-refractivity contribution in [3.8, 4) is 11.1 Å². The molecule has 3 aromatic rings. The molecule has 2 aromatic heterocycles. The molecule has 0 saturated carbocycles. The second-order valence-electron chi connectivity index (χ2n) is 9.00. The highest BCUT2D eigenvalue weighted by atomic mass is 16.3. The molecule has 1 aliphatic heterocycles. The molecule has 0 radical (unpaired) electrons. The fourth-order valence-electron chi connectivity index (χ4n) is 4.61. The number of benzene rings is 1. The van der Waals surface area contributed by atoms with Gasteiger partial charge in [0.05, 0.1) is 19.0 Å². The third kappa shape index (κ3) is 5.02. The largest absolute Gasteiger partial charge is 0.394 e. The third-order valence-electron chi connectivity index (χ3n) is 6.38. The van der Waals surface area contributed by atoms with Crippen LogP contribution < -0.4 is 5.32 Å². The molecule has 0 aliphatic carbocycles. The maximum Gasteiger partial charge on any atom is 0.246 e. The SMILES string of the molecule is CC(C)[C@@H](C(=O)N1CCC[C@H]1C(=O)N[C@@H](CO)c1ccc(-c2cccnc2)cc1)n1ccnc1. The summed E-state index contributed by atoms with van der Waals surface area (Å²) in [5.41, 5.74) is 2.81. The quantitative estimate of drug-likeness (QED) is 0.537. The normalized spacial score (nSPS) is 17.5. The maximum absolute atomic E-state index is 13.4. The number of rotatable bonds is 8. The number of aromatic nitrogens is 3. The number of carbonyl (C=O) groups is 2. The second-order valence-corrected chi connectivity index (χ2v) is 9.00. The Labute approximate surface area is 199 Å². The minimum absolute atomic E-state index is 0.0505. The molecule has 2 N–H and O–H groups in total. The van der Waals surface area contributed by atoms with E-state index in [9.17, 15) is 14.7 Å². The van der Waals surface area contributed by atoms with Crippen molar-refractivity contribution < 1.29 is 14.7 Å². The van der Waals surface area contributed by atoms with E-state index in [1.54, 1.807) is 40.6 Å². The molecule has 4 rings (SSSR count). The lowest BCUT2D eigenvalue weighted by molar-refractivity contribution is -0.142. The highest BCUT2D eigenvalue weighted by molar-refractivity contribution is 5.90. The molecule has 8 heteroatoms. The number of hydrogen-bond donors (Lipinski definition) is 2. The zero-order valence-electron chi connectivity index (χ0n) is 19.5. The topological polar surface area (TPSA) is 100 Å². The zero-order valence-corrected chi connectivity index (χ0v) is 19.5. The molecule has 178 valence electrons. The van der Waals surface area contributed by atoms with E-state index in [0.717, 1.165) is 23.1 Å². The number of likely N-dealkylation sites (tertiary alicyclic amines) is 1. The maximum atomic E-state index is 13.4. The fourth-order valence-corrected chi connectivity index (χ4v) is 4.61. The predicted molar refractivity (Wildman–Crippen MR) is 128 cm³/mol. The van der Waals surface area contributed by atoms with Crippen LogP contribution in [0.15, 0.2) is 67.5 Å². The van der Waals surface area contributed by atoms with E-state index in [-0.39, 0.29) is 24.3 Å². The molecule has 1 fully saturated rings. The average Bonchev–Trinajstić information content (AvgIpc) is 3.56. The number of nitrogens with one attached hydrogen (secondary N) is 1. The van der Waals surface area contributed by atoms with Crippen molar-refractivity contribution in [2.75, 3.05) is 13.2 Å². The van der Waals surface area contributed by atoms with Crippen molar-refractivity contribution in [1.82, 2.24) is 24.8 Å². The molecule has 3 heterocycles. The van der Waals surface area contributed by atoms with Crippen LogP contribution in [0.1, 0.15) is 44.3 Å². The molecule has 3 atom stereocenters. The van der Waals surface area contributed by atoms with E-state index in [1.807, 2.05) is 50.2 Å². The van der Waals surface area contributed by atoms with Crippen LogP contribution in [0.2, 0.25) is 0 Å². The van der Waals surface area contributed by atoms with Crippen molar-refractivity contribution in [3.05, 3.63) is 73.1 Å². The monoisotopic (exact) mass is 461 g/mol. The smallest absolute Gasteiger partial charge is 0.246 e. The Kier molecular flexibility index (Phi) is 7.37. The first-order valence-corrected chi connectivity index (χ1v) is 11.7. The van der Waals surface area contributed by atoms with Gasteiger partial charge < -0.3 is 19.9 Å². The van der Waals surface area contributed by atoms with E-state index in [4.69, 9.17) is 0 Å². The van der Waals surface area contributed by atoms with E-state index in [1.165, 1.54) is 0 Å². The first-order chi connectivity index (χ1) is 16.5. The van der Waals surface area contributed by atoms with Crippen molar-refractivity contribution in [3.63, 3.8) is 0 Å². The van der Waals surface area contributed by atoms with E-state index >= 15 is 0 Å². The van der Waals surface area contributed by atoms with Crippen molar-refractivity contribution in [2.45, 2.75) is 44.8 Å². The fraction of sp³-hybridized carbons (Fsp3) is 0.385. The minimum Gasteiger partial charge on any atom is -0.394 e. The Morgan fingerprint density at radius 2 is 1.91 bits per heavy atom. The van der Waals surface area contributed by atoms with Gasteiger partial charge in [-0.15, -0.1) is 0 Å². The summed E-state index contributed by atoms with van der Waals surface area (Å²) in [6.45, 7) is 4.29. The van der Waals surface area contributed by atoms with Gasteiger partial charge in [-0.1, -0.05) is 44.2 Å². The molecule has 1 aromatic carbocycles. The number of aliphatic hydroxyl groups excluding tert-OH is 1. The minimum atomic E-state index is -0.555. The van der Waals surface area contributed by atoms with Crippen molar-refractivity contribution in [2.24, 2.45) is 5.92 Å². The summed E-state index contributed by atoms with van der Waals surface area (Å²) in [5.74, 6) is -0.268. The van der Waals surface area contributed by atoms with Gasteiger partial charge in [-0.25, -0.2) is 4.98 Å². The van der Waals surface area contributed by atoms with Crippen LogP contribution in [-0.2, 0) is 9.59 Å². The first kappa shape index (κ1) is 23.6. The molecule has 1 aliphatic rings. The van der Waals surface area contributed by atoms with Crippen molar-refractivity contribution >= 4 is 11.8 Å². The molecule has 0 unspecified atom stereocenters. The summed E-state index contributed by atoms with van der Waals surface area (Å²) < 4.78 is 1.81. The van der Waals surface area contributed by atoms with Crippen LogP contribution in [0.5, 0.6) is 0 Å². The van der Waals surface area contributed by atoms with E-state index in [0.29, 0.717) is 13.0 Å². The lowest BCUT2D eigenvalue weighted by atomic mass is 10.0. The van der Waals surface area contributed by atoms with Crippen LogP contribution in [-0.4, -0.2) is 55.5 Å². The Morgan fingerprint density at radius 3 is 2.53 bits per heavy atom. The molecular weight excluding hydrogens is 430 g/mol. The summed E-state index contributed by atoms with van der Waals surface area (Å²) in [7, 11) is 0. The van der Waals surface area contributed by atoms with E-state index < -0.39 is 18.1 Å². The second kappa shape index (κ2) is 10.6. The summed E-state index contributed by atoms with van der Waals surface area (Å²) in [4.78, 5) is 36.6. The number of pyridine rings is 1. The van der Waals surface area contributed by atoms with Crippen LogP contribution >= 0.6 is 0 Å². The van der Waals surface area contributed by atoms with E-state index in [2.05, 4.69) is 15.3 Å². The Balaban J connectivity index is 1.46. The number of aliphatic hydroxyl groups is 1. The van der Waals surface area contributed by atoms with Gasteiger partial charge in [0.2, 0.25) is 11.8 Å². The lowest BCUT2D eigenvalue weighted by Crippen LogP contribution is -2.49. The molecule has 0 spiro atoms. The Hall–Kier alpha value is -3.52. The zero-order chi connectivity index (χ0) is 24.1. The highest BCUT2D eigenvalue weighted by Gasteiger charge is 2.39. The van der Waals surface area contributed by atoms with Crippen LogP contribution in [0.3, 0.4) is 0 Å². The van der Waals surface area contributed by atoms with Gasteiger partial charge in [0.15, 0.2) is 0 Å². The molecule has 2 amide bonds. The van der Waals surface area contributed by atoms with Gasteiger partial charge in [-0.05, 0) is 41.5 Å². The summed E-state index contributed by atoms with van der Waals surface area (Å²) in [6.07, 6.45) is 9.97. The summed E-state index contributed by atoms with van der Waals surface area (Å²) in [5, 5.41) is 13.0. The number of hydrogen-bond acceptors (Lipinski definition) is 5. The first-order valence-electron chi connectivity index (χ1n) is 11.7.